The van der Waals surface area contributed by atoms with E-state index in [1.54, 1.807) is 36.4 Å². The molecule has 0 atom stereocenters. The summed E-state index contributed by atoms with van der Waals surface area (Å²) in [5.74, 6) is 0.339. The van der Waals surface area contributed by atoms with Gasteiger partial charge in [0.05, 0.1) is 17.9 Å². The van der Waals surface area contributed by atoms with E-state index in [1.807, 2.05) is 35.2 Å². The van der Waals surface area contributed by atoms with E-state index >= 15 is 0 Å². The summed E-state index contributed by atoms with van der Waals surface area (Å²) in [6.45, 7) is 2.08. The maximum Gasteiger partial charge on any atom is 0.257 e. The van der Waals surface area contributed by atoms with Crippen LogP contribution in [0.2, 0.25) is 0 Å². The molecule has 1 fully saturated rings. The molecule has 0 spiro atoms. The molecule has 35 heavy (non-hydrogen) atoms. The van der Waals surface area contributed by atoms with Crippen LogP contribution in [0.5, 0.6) is 5.75 Å². The molecule has 0 aliphatic carbocycles. The standard InChI is InChI=1S/C28H29N3O3S/c32-26(22-13-15-23(16-14-22)34-20-17-21-9-3-1-4-10-21)30-28(35)29-25-12-6-5-11-24(25)27(33)31-18-7-2-8-19-31/h1,3-6,9-16H,2,7-8,17-20H2,(H2,29,30,32,35). The number of rotatable bonds is 7. The highest BCUT2D eigenvalue weighted by molar-refractivity contribution is 7.80. The van der Waals surface area contributed by atoms with Crippen molar-refractivity contribution in [1.29, 1.82) is 0 Å². The van der Waals surface area contributed by atoms with E-state index in [0.717, 1.165) is 38.8 Å². The zero-order valence-corrected chi connectivity index (χ0v) is 20.4. The maximum atomic E-state index is 13.0. The highest BCUT2D eigenvalue weighted by atomic mass is 32.1. The third-order valence-corrected chi connectivity index (χ3v) is 6.10. The molecule has 0 bridgehead atoms. The number of ether oxygens (including phenoxy) is 1. The lowest BCUT2D eigenvalue weighted by Crippen LogP contribution is -2.37. The van der Waals surface area contributed by atoms with Crippen LogP contribution in [0.15, 0.2) is 78.9 Å². The first-order chi connectivity index (χ1) is 17.1. The minimum absolute atomic E-state index is 0.0234. The molecule has 2 amide bonds. The van der Waals surface area contributed by atoms with Crippen LogP contribution in [-0.4, -0.2) is 41.5 Å². The van der Waals surface area contributed by atoms with Gasteiger partial charge in [0, 0.05) is 25.1 Å². The first-order valence-electron chi connectivity index (χ1n) is 11.9. The number of nitrogens with one attached hydrogen (secondary N) is 2. The van der Waals surface area contributed by atoms with Crippen LogP contribution >= 0.6 is 12.2 Å². The average Bonchev–Trinajstić information content (AvgIpc) is 2.90. The molecule has 1 aliphatic rings. The molecule has 2 N–H and O–H groups in total. The summed E-state index contributed by atoms with van der Waals surface area (Å²) in [4.78, 5) is 27.5. The molecule has 3 aromatic rings. The Balaban J connectivity index is 1.30. The summed E-state index contributed by atoms with van der Waals surface area (Å²) in [6, 6.07) is 24.3. The van der Waals surface area contributed by atoms with E-state index < -0.39 is 0 Å². The van der Waals surface area contributed by atoms with Crippen molar-refractivity contribution in [2.45, 2.75) is 25.7 Å². The Bertz CT molecular complexity index is 1160. The Hall–Kier alpha value is -3.71. The Morgan fingerprint density at radius 2 is 1.54 bits per heavy atom. The van der Waals surface area contributed by atoms with Gasteiger partial charge in [-0.25, -0.2) is 0 Å². The third-order valence-electron chi connectivity index (χ3n) is 5.89. The molecule has 1 heterocycles. The van der Waals surface area contributed by atoms with Gasteiger partial charge in [-0.1, -0.05) is 42.5 Å². The fraction of sp³-hybridized carbons (Fsp3) is 0.250. The lowest BCUT2D eigenvalue weighted by molar-refractivity contribution is 0.0725. The summed E-state index contributed by atoms with van der Waals surface area (Å²) >= 11 is 5.35. The van der Waals surface area contributed by atoms with Crippen LogP contribution in [0, 0.1) is 0 Å². The van der Waals surface area contributed by atoms with Crippen LogP contribution in [0.1, 0.15) is 45.5 Å². The van der Waals surface area contributed by atoms with Gasteiger partial charge >= 0.3 is 0 Å². The number of thiocarbonyl (C=S) groups is 1. The van der Waals surface area contributed by atoms with Gasteiger partial charge in [0.2, 0.25) is 0 Å². The molecule has 4 rings (SSSR count). The van der Waals surface area contributed by atoms with Gasteiger partial charge in [-0.05, 0) is 73.4 Å². The minimum Gasteiger partial charge on any atom is -0.493 e. The molecular formula is C28H29N3O3S. The predicted molar refractivity (Wildman–Crippen MR) is 142 cm³/mol. The van der Waals surface area contributed by atoms with E-state index in [-0.39, 0.29) is 16.9 Å². The molecule has 3 aromatic carbocycles. The van der Waals surface area contributed by atoms with Crippen LogP contribution in [0.25, 0.3) is 0 Å². The molecule has 180 valence electrons. The van der Waals surface area contributed by atoms with Gasteiger partial charge in [0.15, 0.2) is 5.11 Å². The lowest BCUT2D eigenvalue weighted by Gasteiger charge is -2.27. The highest BCUT2D eigenvalue weighted by Gasteiger charge is 2.21. The van der Waals surface area contributed by atoms with Crippen molar-refractivity contribution in [3.8, 4) is 5.75 Å². The van der Waals surface area contributed by atoms with Crippen LogP contribution in [0.3, 0.4) is 0 Å². The van der Waals surface area contributed by atoms with Crippen molar-refractivity contribution in [2.24, 2.45) is 0 Å². The van der Waals surface area contributed by atoms with E-state index in [0.29, 0.717) is 29.2 Å². The lowest BCUT2D eigenvalue weighted by atomic mass is 10.1. The molecular weight excluding hydrogens is 458 g/mol. The number of benzene rings is 3. The van der Waals surface area contributed by atoms with Gasteiger partial charge in [0.1, 0.15) is 5.75 Å². The van der Waals surface area contributed by atoms with Crippen molar-refractivity contribution in [2.75, 3.05) is 25.0 Å². The number of piperidine rings is 1. The molecule has 1 aliphatic heterocycles. The fourth-order valence-corrected chi connectivity index (χ4v) is 4.21. The zero-order chi connectivity index (χ0) is 24.5. The van der Waals surface area contributed by atoms with Crippen molar-refractivity contribution < 1.29 is 14.3 Å². The largest absolute Gasteiger partial charge is 0.493 e. The predicted octanol–water partition coefficient (Wildman–Crippen LogP) is 5.06. The van der Waals surface area contributed by atoms with Crippen molar-refractivity contribution in [3.63, 3.8) is 0 Å². The molecule has 0 saturated carbocycles. The normalized spacial score (nSPS) is 13.1. The molecule has 0 unspecified atom stereocenters. The van der Waals surface area contributed by atoms with Gasteiger partial charge in [-0.3, -0.25) is 14.9 Å². The third kappa shape index (κ3) is 6.90. The Labute approximate surface area is 211 Å². The first-order valence-corrected chi connectivity index (χ1v) is 12.3. The van der Waals surface area contributed by atoms with Crippen LogP contribution in [0.4, 0.5) is 5.69 Å². The maximum absolute atomic E-state index is 13.0. The highest BCUT2D eigenvalue weighted by Crippen LogP contribution is 2.20. The molecule has 0 aromatic heterocycles. The number of hydrogen-bond donors (Lipinski definition) is 2. The number of para-hydroxylation sites is 1. The Kier molecular flexibility index (Phi) is 8.46. The van der Waals surface area contributed by atoms with Crippen molar-refractivity contribution in [3.05, 3.63) is 95.6 Å². The number of hydrogen-bond acceptors (Lipinski definition) is 4. The molecule has 0 radical (unpaired) electrons. The second-order valence-corrected chi connectivity index (χ2v) is 8.82. The fourth-order valence-electron chi connectivity index (χ4n) is 4.01. The van der Waals surface area contributed by atoms with E-state index in [1.165, 1.54) is 5.56 Å². The Morgan fingerprint density at radius 3 is 2.29 bits per heavy atom. The molecule has 1 saturated heterocycles. The van der Waals surface area contributed by atoms with Gasteiger partial charge in [0.25, 0.3) is 11.8 Å². The first kappa shape index (κ1) is 24.4. The summed E-state index contributed by atoms with van der Waals surface area (Å²) in [7, 11) is 0. The summed E-state index contributed by atoms with van der Waals surface area (Å²) in [5.41, 5.74) is 2.80. The van der Waals surface area contributed by atoms with E-state index in [2.05, 4.69) is 22.8 Å². The summed E-state index contributed by atoms with van der Waals surface area (Å²) < 4.78 is 5.78. The van der Waals surface area contributed by atoms with Crippen molar-refractivity contribution >= 4 is 34.8 Å². The van der Waals surface area contributed by atoms with E-state index in [4.69, 9.17) is 17.0 Å². The van der Waals surface area contributed by atoms with Gasteiger partial charge in [-0.15, -0.1) is 0 Å². The van der Waals surface area contributed by atoms with Gasteiger partial charge in [-0.2, -0.15) is 0 Å². The summed E-state index contributed by atoms with van der Waals surface area (Å²) in [6.07, 6.45) is 4.00. The topological polar surface area (TPSA) is 70.7 Å². The number of amides is 2. The smallest absolute Gasteiger partial charge is 0.257 e. The quantitative estimate of drug-likeness (QED) is 0.456. The Morgan fingerprint density at radius 1 is 0.857 bits per heavy atom. The monoisotopic (exact) mass is 487 g/mol. The van der Waals surface area contributed by atoms with Gasteiger partial charge < -0.3 is 15.0 Å². The van der Waals surface area contributed by atoms with Crippen molar-refractivity contribution in [1.82, 2.24) is 10.2 Å². The number of likely N-dealkylation sites (tertiary alicyclic amines) is 1. The number of carbonyl (C=O) groups excluding carboxylic acids is 2. The minimum atomic E-state index is -0.335. The van der Waals surface area contributed by atoms with Crippen LogP contribution < -0.4 is 15.4 Å². The zero-order valence-electron chi connectivity index (χ0n) is 19.5. The van der Waals surface area contributed by atoms with Crippen LogP contribution in [-0.2, 0) is 6.42 Å². The average molecular weight is 488 g/mol. The second kappa shape index (κ2) is 12.1. The summed E-state index contributed by atoms with van der Waals surface area (Å²) in [5, 5.41) is 5.84. The number of nitrogens with zero attached hydrogens (tertiary/aromatic N) is 1. The second-order valence-electron chi connectivity index (χ2n) is 8.42. The van der Waals surface area contributed by atoms with E-state index in [9.17, 15) is 9.59 Å². The molecule has 6 nitrogen and oxygen atoms in total. The SMILES string of the molecule is O=C(NC(=S)Nc1ccccc1C(=O)N1CCCCC1)c1ccc(OCCc2ccccc2)cc1. The number of carbonyl (C=O) groups is 2. The molecule has 7 heteroatoms. The number of anilines is 1.